The minimum Gasteiger partial charge on any atom is -0.476 e. The lowest BCUT2D eigenvalue weighted by molar-refractivity contribution is 0.298. The van der Waals surface area contributed by atoms with Crippen LogP contribution in [0.1, 0.15) is 46.4 Å². The van der Waals surface area contributed by atoms with E-state index in [2.05, 4.69) is 36.1 Å². The van der Waals surface area contributed by atoms with E-state index >= 15 is 0 Å². The van der Waals surface area contributed by atoms with Gasteiger partial charge in [-0.3, -0.25) is 0 Å². The van der Waals surface area contributed by atoms with Crippen molar-refractivity contribution in [3.8, 4) is 5.88 Å². The zero-order valence-electron chi connectivity index (χ0n) is 12.5. The fourth-order valence-corrected chi connectivity index (χ4v) is 1.51. The summed E-state index contributed by atoms with van der Waals surface area (Å²) >= 11 is 0. The molecule has 0 bridgehead atoms. The molecular formula is C14H26N4O. The van der Waals surface area contributed by atoms with E-state index in [9.17, 15) is 0 Å². The largest absolute Gasteiger partial charge is 0.476 e. The summed E-state index contributed by atoms with van der Waals surface area (Å²) in [5.41, 5.74) is 6.57. The van der Waals surface area contributed by atoms with Gasteiger partial charge in [-0.1, -0.05) is 34.1 Å². The molecule has 5 heteroatoms. The maximum Gasteiger partial charge on any atom is 0.242 e. The number of aryl methyl sites for hydroxylation is 1. The highest BCUT2D eigenvalue weighted by molar-refractivity contribution is 5.66. The molecule has 0 saturated carbocycles. The number of nitrogens with one attached hydrogen (secondary N) is 1. The van der Waals surface area contributed by atoms with Gasteiger partial charge in [0, 0.05) is 13.0 Å². The van der Waals surface area contributed by atoms with Gasteiger partial charge >= 0.3 is 0 Å². The second kappa shape index (κ2) is 7.81. The number of ether oxygens (including phenoxy) is 1. The third kappa shape index (κ3) is 4.93. The average Bonchev–Trinajstić information content (AvgIpc) is 2.39. The zero-order chi connectivity index (χ0) is 14.3. The van der Waals surface area contributed by atoms with Crippen LogP contribution in [0.2, 0.25) is 0 Å². The van der Waals surface area contributed by atoms with Crippen molar-refractivity contribution in [1.29, 1.82) is 0 Å². The third-order valence-electron chi connectivity index (χ3n) is 2.69. The number of hydrogen-bond acceptors (Lipinski definition) is 5. The average molecular weight is 266 g/mol. The Hall–Kier alpha value is -1.52. The van der Waals surface area contributed by atoms with Crippen LogP contribution in [-0.4, -0.2) is 23.1 Å². The number of nitrogen functional groups attached to an aromatic ring is 1. The van der Waals surface area contributed by atoms with Crippen molar-refractivity contribution >= 4 is 11.5 Å². The van der Waals surface area contributed by atoms with Crippen LogP contribution in [0.3, 0.4) is 0 Å². The molecule has 1 aromatic heterocycles. The van der Waals surface area contributed by atoms with Crippen molar-refractivity contribution in [1.82, 2.24) is 9.97 Å². The van der Waals surface area contributed by atoms with E-state index in [0.717, 1.165) is 31.6 Å². The quantitative estimate of drug-likeness (QED) is 0.708. The Morgan fingerprint density at radius 1 is 1.26 bits per heavy atom. The molecule has 0 fully saturated rings. The van der Waals surface area contributed by atoms with Crippen LogP contribution in [-0.2, 0) is 6.42 Å². The van der Waals surface area contributed by atoms with E-state index in [-0.39, 0.29) is 0 Å². The topological polar surface area (TPSA) is 73.1 Å². The van der Waals surface area contributed by atoms with E-state index in [0.29, 0.717) is 29.9 Å². The minimum atomic E-state index is 0.506. The van der Waals surface area contributed by atoms with Crippen molar-refractivity contribution in [2.45, 2.75) is 47.0 Å². The molecule has 3 N–H and O–H groups in total. The number of rotatable bonds is 8. The highest BCUT2D eigenvalue weighted by atomic mass is 16.5. The molecule has 0 aliphatic carbocycles. The highest BCUT2D eigenvalue weighted by Crippen LogP contribution is 2.26. The summed E-state index contributed by atoms with van der Waals surface area (Å²) in [7, 11) is 0. The second-order valence-electron chi connectivity index (χ2n) is 5.04. The van der Waals surface area contributed by atoms with E-state index in [1.165, 1.54) is 0 Å². The van der Waals surface area contributed by atoms with Crippen LogP contribution >= 0.6 is 0 Å². The van der Waals surface area contributed by atoms with Gasteiger partial charge in [0.25, 0.3) is 0 Å². The summed E-state index contributed by atoms with van der Waals surface area (Å²) in [6.07, 6.45) is 2.85. The Labute approximate surface area is 116 Å². The van der Waals surface area contributed by atoms with Crippen LogP contribution in [0.4, 0.5) is 11.5 Å². The van der Waals surface area contributed by atoms with Crippen LogP contribution in [0.5, 0.6) is 5.88 Å². The van der Waals surface area contributed by atoms with Crippen LogP contribution in [0.25, 0.3) is 0 Å². The molecule has 1 heterocycles. The van der Waals surface area contributed by atoms with Crippen molar-refractivity contribution in [3.63, 3.8) is 0 Å². The van der Waals surface area contributed by atoms with Crippen molar-refractivity contribution in [3.05, 3.63) is 5.82 Å². The molecule has 0 atom stereocenters. The number of nitrogens with two attached hydrogens (primary N) is 1. The molecule has 1 rings (SSSR count). The van der Waals surface area contributed by atoms with Gasteiger partial charge in [-0.05, 0) is 12.3 Å². The first-order chi connectivity index (χ1) is 9.08. The van der Waals surface area contributed by atoms with Crippen molar-refractivity contribution < 1.29 is 4.74 Å². The molecule has 0 spiro atoms. The summed E-state index contributed by atoms with van der Waals surface area (Å²) in [5.74, 6) is 2.48. The minimum absolute atomic E-state index is 0.506. The molecule has 19 heavy (non-hydrogen) atoms. The molecule has 0 aliphatic rings. The fraction of sp³-hybridized carbons (Fsp3) is 0.714. The summed E-state index contributed by atoms with van der Waals surface area (Å²) < 4.78 is 5.65. The van der Waals surface area contributed by atoms with Crippen molar-refractivity contribution in [2.24, 2.45) is 5.92 Å². The van der Waals surface area contributed by atoms with Gasteiger partial charge in [0.2, 0.25) is 5.88 Å². The van der Waals surface area contributed by atoms with Crippen LogP contribution in [0.15, 0.2) is 0 Å². The lowest BCUT2D eigenvalue weighted by Crippen LogP contribution is -2.14. The van der Waals surface area contributed by atoms with E-state index < -0.39 is 0 Å². The van der Waals surface area contributed by atoms with Gasteiger partial charge in [-0.2, -0.15) is 4.98 Å². The Morgan fingerprint density at radius 2 is 2.00 bits per heavy atom. The number of hydrogen-bond donors (Lipinski definition) is 2. The van der Waals surface area contributed by atoms with Crippen molar-refractivity contribution in [2.75, 3.05) is 24.2 Å². The first-order valence-electron chi connectivity index (χ1n) is 7.11. The van der Waals surface area contributed by atoms with E-state index in [1.807, 2.05) is 6.92 Å². The Balaban J connectivity index is 2.86. The number of nitrogens with zero attached hydrogens (tertiary/aromatic N) is 2. The van der Waals surface area contributed by atoms with Crippen LogP contribution in [0, 0.1) is 5.92 Å². The number of aromatic nitrogens is 2. The van der Waals surface area contributed by atoms with Gasteiger partial charge in [-0.15, -0.1) is 0 Å². The summed E-state index contributed by atoms with van der Waals surface area (Å²) in [6.45, 7) is 9.91. The zero-order valence-corrected chi connectivity index (χ0v) is 12.5. The monoisotopic (exact) mass is 266 g/mol. The van der Waals surface area contributed by atoms with Gasteiger partial charge in [0.15, 0.2) is 5.82 Å². The lowest BCUT2D eigenvalue weighted by Gasteiger charge is -2.14. The predicted molar refractivity (Wildman–Crippen MR) is 79.6 cm³/mol. The molecule has 0 aliphatic heterocycles. The highest BCUT2D eigenvalue weighted by Gasteiger charge is 2.12. The maximum atomic E-state index is 6.06. The van der Waals surface area contributed by atoms with Gasteiger partial charge in [0.1, 0.15) is 11.5 Å². The molecule has 0 unspecified atom stereocenters. The summed E-state index contributed by atoms with van der Waals surface area (Å²) in [6, 6.07) is 0. The molecule has 0 aromatic carbocycles. The summed E-state index contributed by atoms with van der Waals surface area (Å²) in [4.78, 5) is 8.78. The standard InChI is InChI=1S/C14H26N4O/c1-5-7-8-19-14-12(15)13(16-9-10(3)4)17-11(6-2)18-14/h10H,5-9,15H2,1-4H3,(H,16,17,18). The molecular weight excluding hydrogens is 240 g/mol. The third-order valence-corrected chi connectivity index (χ3v) is 2.69. The predicted octanol–water partition coefficient (Wildman–Crippen LogP) is 2.87. The molecule has 0 saturated heterocycles. The first kappa shape index (κ1) is 15.5. The Morgan fingerprint density at radius 3 is 2.58 bits per heavy atom. The lowest BCUT2D eigenvalue weighted by atomic mass is 10.2. The molecule has 0 amide bonds. The summed E-state index contributed by atoms with van der Waals surface area (Å²) in [5, 5.41) is 3.26. The van der Waals surface area contributed by atoms with Crippen LogP contribution < -0.4 is 15.8 Å². The van der Waals surface area contributed by atoms with E-state index in [4.69, 9.17) is 10.5 Å². The fourth-order valence-electron chi connectivity index (χ4n) is 1.51. The molecule has 108 valence electrons. The molecule has 1 aromatic rings. The first-order valence-corrected chi connectivity index (χ1v) is 7.11. The van der Waals surface area contributed by atoms with Gasteiger partial charge in [-0.25, -0.2) is 4.98 Å². The Bertz CT molecular complexity index is 393. The smallest absolute Gasteiger partial charge is 0.242 e. The maximum absolute atomic E-state index is 6.06. The normalized spacial score (nSPS) is 10.8. The molecule has 0 radical (unpaired) electrons. The second-order valence-corrected chi connectivity index (χ2v) is 5.04. The van der Waals surface area contributed by atoms with Gasteiger partial charge in [0.05, 0.1) is 6.61 Å². The number of anilines is 2. The van der Waals surface area contributed by atoms with E-state index in [1.54, 1.807) is 0 Å². The Kier molecular flexibility index (Phi) is 6.39. The SMILES string of the molecule is CCCCOc1nc(CC)nc(NCC(C)C)c1N. The molecule has 5 nitrogen and oxygen atoms in total. The number of unbranched alkanes of at least 4 members (excludes halogenated alkanes) is 1. The van der Waals surface area contributed by atoms with Gasteiger partial charge < -0.3 is 15.8 Å².